The highest BCUT2D eigenvalue weighted by atomic mass is 32.2. The number of carbonyl (C=O) groups is 1. The van der Waals surface area contributed by atoms with Crippen LogP contribution in [0.15, 0.2) is 54.9 Å². The Labute approximate surface area is 169 Å². The number of hydrogen-bond donors (Lipinski definition) is 1. The third-order valence-corrected chi connectivity index (χ3v) is 6.82. The Balaban J connectivity index is 1.63. The van der Waals surface area contributed by atoms with E-state index >= 15 is 0 Å². The molecule has 1 N–H and O–H groups in total. The van der Waals surface area contributed by atoms with Crippen LogP contribution in [-0.2, 0) is 16.4 Å². The molecule has 1 aliphatic rings. The van der Waals surface area contributed by atoms with Crippen molar-refractivity contribution in [2.75, 3.05) is 11.5 Å². The summed E-state index contributed by atoms with van der Waals surface area (Å²) >= 11 is 0. The molecule has 2 aromatic heterocycles. The van der Waals surface area contributed by atoms with E-state index in [9.17, 15) is 13.2 Å². The molecule has 1 amide bonds. The summed E-state index contributed by atoms with van der Waals surface area (Å²) in [5.74, 6) is -0.102. The molecule has 1 aromatic carbocycles. The molecule has 0 radical (unpaired) electrons. The minimum absolute atomic E-state index is 0.0472. The van der Waals surface area contributed by atoms with Crippen molar-refractivity contribution in [3.8, 4) is 11.3 Å². The number of benzene rings is 1. The number of aromatic nitrogens is 3. The first-order valence-corrected chi connectivity index (χ1v) is 11.3. The lowest BCUT2D eigenvalue weighted by Gasteiger charge is -2.13. The van der Waals surface area contributed by atoms with E-state index in [-0.39, 0.29) is 29.1 Å². The molecule has 0 aliphatic carbocycles. The van der Waals surface area contributed by atoms with E-state index in [4.69, 9.17) is 0 Å². The SMILES string of the molecule is Cc1ccc(-c2cc(C(=O)NCc3ccncc3)nn2C2CCS(=O)(=O)C2)cc1. The summed E-state index contributed by atoms with van der Waals surface area (Å²) in [5.41, 5.74) is 3.99. The van der Waals surface area contributed by atoms with Crippen molar-refractivity contribution in [2.24, 2.45) is 0 Å². The van der Waals surface area contributed by atoms with Gasteiger partial charge < -0.3 is 5.32 Å². The monoisotopic (exact) mass is 410 g/mol. The van der Waals surface area contributed by atoms with Crippen LogP contribution >= 0.6 is 0 Å². The van der Waals surface area contributed by atoms with E-state index in [1.807, 2.05) is 43.3 Å². The van der Waals surface area contributed by atoms with Crippen LogP contribution in [0.4, 0.5) is 0 Å². The topological polar surface area (TPSA) is 93.9 Å². The van der Waals surface area contributed by atoms with Crippen molar-refractivity contribution in [3.05, 3.63) is 71.7 Å². The first-order valence-electron chi connectivity index (χ1n) is 9.45. The predicted molar refractivity (Wildman–Crippen MR) is 110 cm³/mol. The number of aryl methyl sites for hydroxylation is 1. The summed E-state index contributed by atoms with van der Waals surface area (Å²) in [6.45, 7) is 2.37. The van der Waals surface area contributed by atoms with E-state index in [1.54, 1.807) is 23.1 Å². The molecular weight excluding hydrogens is 388 g/mol. The van der Waals surface area contributed by atoms with Gasteiger partial charge in [-0.25, -0.2) is 8.42 Å². The van der Waals surface area contributed by atoms with Crippen molar-refractivity contribution in [3.63, 3.8) is 0 Å². The fourth-order valence-electron chi connectivity index (χ4n) is 3.47. The number of carbonyl (C=O) groups excluding carboxylic acids is 1. The molecule has 3 heterocycles. The molecular formula is C21H22N4O3S. The van der Waals surface area contributed by atoms with Crippen LogP contribution in [-0.4, -0.2) is 40.6 Å². The van der Waals surface area contributed by atoms with Crippen molar-refractivity contribution in [1.29, 1.82) is 0 Å². The number of nitrogens with one attached hydrogen (secondary N) is 1. The lowest BCUT2D eigenvalue weighted by atomic mass is 10.1. The first-order chi connectivity index (χ1) is 13.9. The van der Waals surface area contributed by atoms with Gasteiger partial charge in [-0.1, -0.05) is 29.8 Å². The van der Waals surface area contributed by atoms with Gasteiger partial charge in [-0.05, 0) is 42.7 Å². The van der Waals surface area contributed by atoms with Crippen LogP contribution in [0.25, 0.3) is 11.3 Å². The van der Waals surface area contributed by atoms with Gasteiger partial charge in [-0.3, -0.25) is 14.5 Å². The van der Waals surface area contributed by atoms with Gasteiger partial charge in [0.15, 0.2) is 15.5 Å². The number of sulfone groups is 1. The Bertz CT molecular complexity index is 1120. The van der Waals surface area contributed by atoms with Gasteiger partial charge in [0, 0.05) is 18.9 Å². The molecule has 29 heavy (non-hydrogen) atoms. The Morgan fingerprint density at radius 2 is 1.90 bits per heavy atom. The highest BCUT2D eigenvalue weighted by molar-refractivity contribution is 7.91. The van der Waals surface area contributed by atoms with Crippen molar-refractivity contribution in [1.82, 2.24) is 20.1 Å². The maximum Gasteiger partial charge on any atom is 0.272 e. The molecule has 7 nitrogen and oxygen atoms in total. The molecule has 150 valence electrons. The van der Waals surface area contributed by atoms with Crippen LogP contribution < -0.4 is 5.32 Å². The normalized spacial score (nSPS) is 17.9. The summed E-state index contributed by atoms with van der Waals surface area (Å²) in [6.07, 6.45) is 3.85. The van der Waals surface area contributed by atoms with Crippen LogP contribution in [0, 0.1) is 6.92 Å². The number of hydrogen-bond acceptors (Lipinski definition) is 5. The molecule has 8 heteroatoms. The highest BCUT2D eigenvalue weighted by Crippen LogP contribution is 2.30. The molecule has 4 rings (SSSR count). The second kappa shape index (κ2) is 7.79. The average Bonchev–Trinajstić information content (AvgIpc) is 3.31. The molecule has 3 aromatic rings. The molecule has 1 saturated heterocycles. The summed E-state index contributed by atoms with van der Waals surface area (Å²) in [5, 5.41) is 7.36. The minimum atomic E-state index is -3.07. The highest BCUT2D eigenvalue weighted by Gasteiger charge is 2.32. The van der Waals surface area contributed by atoms with Gasteiger partial charge in [0.05, 0.1) is 23.2 Å². The third kappa shape index (κ3) is 4.37. The smallest absolute Gasteiger partial charge is 0.272 e. The minimum Gasteiger partial charge on any atom is -0.347 e. The summed E-state index contributed by atoms with van der Waals surface area (Å²) in [7, 11) is -3.07. The first kappa shape index (κ1) is 19.3. The summed E-state index contributed by atoms with van der Waals surface area (Å²) in [4.78, 5) is 16.7. The van der Waals surface area contributed by atoms with Gasteiger partial charge >= 0.3 is 0 Å². The number of nitrogens with zero attached hydrogens (tertiary/aromatic N) is 3. The van der Waals surface area contributed by atoms with E-state index in [0.29, 0.717) is 13.0 Å². The molecule has 0 saturated carbocycles. The van der Waals surface area contributed by atoms with Gasteiger partial charge in [-0.15, -0.1) is 0 Å². The number of rotatable bonds is 5. The zero-order valence-electron chi connectivity index (χ0n) is 16.1. The zero-order chi connectivity index (χ0) is 20.4. The maximum atomic E-state index is 12.7. The molecule has 0 spiro atoms. The average molecular weight is 410 g/mol. The Morgan fingerprint density at radius 3 is 2.55 bits per heavy atom. The molecule has 0 bridgehead atoms. The third-order valence-electron chi connectivity index (χ3n) is 5.07. The fraction of sp³-hybridized carbons (Fsp3) is 0.286. The van der Waals surface area contributed by atoms with E-state index < -0.39 is 9.84 Å². The molecule has 1 fully saturated rings. The number of pyridine rings is 1. The van der Waals surface area contributed by atoms with Gasteiger partial charge in [0.2, 0.25) is 0 Å². The lowest BCUT2D eigenvalue weighted by Crippen LogP contribution is -2.24. The van der Waals surface area contributed by atoms with Crippen molar-refractivity contribution in [2.45, 2.75) is 25.9 Å². The van der Waals surface area contributed by atoms with E-state index in [0.717, 1.165) is 22.4 Å². The Kier molecular flexibility index (Phi) is 5.19. The fourth-order valence-corrected chi connectivity index (χ4v) is 5.16. The summed E-state index contributed by atoms with van der Waals surface area (Å²) < 4.78 is 25.7. The van der Waals surface area contributed by atoms with Gasteiger partial charge in [0.25, 0.3) is 5.91 Å². The van der Waals surface area contributed by atoms with Crippen LogP contribution in [0.3, 0.4) is 0 Å². The standard InChI is InChI=1S/C21H22N4O3S/c1-15-2-4-17(5-3-15)20-12-19(21(26)23-13-16-6-9-22-10-7-16)24-25(20)18-8-11-29(27,28)14-18/h2-7,9-10,12,18H,8,11,13-14H2,1H3,(H,23,26). The molecule has 1 atom stereocenters. The van der Waals surface area contributed by atoms with Crippen LogP contribution in [0.2, 0.25) is 0 Å². The molecule has 1 aliphatic heterocycles. The summed E-state index contributed by atoms with van der Waals surface area (Å²) in [6, 6.07) is 13.0. The Hall–Kier alpha value is -3.00. The van der Waals surface area contributed by atoms with Crippen LogP contribution in [0.1, 0.15) is 34.1 Å². The second-order valence-corrected chi connectivity index (χ2v) is 9.55. The second-order valence-electron chi connectivity index (χ2n) is 7.32. The van der Waals surface area contributed by atoms with Crippen molar-refractivity contribution >= 4 is 15.7 Å². The van der Waals surface area contributed by atoms with Gasteiger partial charge in [-0.2, -0.15) is 5.10 Å². The molecule has 1 unspecified atom stereocenters. The maximum absolute atomic E-state index is 12.7. The van der Waals surface area contributed by atoms with Gasteiger partial charge in [0.1, 0.15) is 0 Å². The number of amides is 1. The van der Waals surface area contributed by atoms with E-state index in [1.165, 1.54) is 0 Å². The Morgan fingerprint density at radius 1 is 1.17 bits per heavy atom. The zero-order valence-corrected chi connectivity index (χ0v) is 16.9. The van der Waals surface area contributed by atoms with E-state index in [2.05, 4.69) is 15.4 Å². The largest absolute Gasteiger partial charge is 0.347 e. The van der Waals surface area contributed by atoms with Crippen molar-refractivity contribution < 1.29 is 13.2 Å². The quantitative estimate of drug-likeness (QED) is 0.698. The predicted octanol–water partition coefficient (Wildman–Crippen LogP) is 2.54. The van der Waals surface area contributed by atoms with Crippen LogP contribution in [0.5, 0.6) is 0 Å². The lowest BCUT2D eigenvalue weighted by molar-refractivity contribution is 0.0945.